The number of halogens is 2. The molecule has 3 aromatic rings. The second kappa shape index (κ2) is 8.63. The van der Waals surface area contributed by atoms with Gasteiger partial charge in [0, 0.05) is 33.8 Å². The van der Waals surface area contributed by atoms with E-state index in [0.29, 0.717) is 22.0 Å². The molecular formula is C23H19ClFN3O2. The molecule has 2 atom stereocenters. The molecule has 1 fully saturated rings. The Hall–Kier alpha value is -3.25. The zero-order chi connectivity index (χ0) is 21.1. The van der Waals surface area contributed by atoms with Crippen LogP contribution < -0.4 is 10.6 Å². The van der Waals surface area contributed by atoms with Crippen LogP contribution in [0.1, 0.15) is 34.8 Å². The summed E-state index contributed by atoms with van der Waals surface area (Å²) in [6.07, 6.45) is 3.22. The molecule has 0 radical (unpaired) electrons. The fraction of sp³-hybridized carbons (Fsp3) is 0.174. The third kappa shape index (κ3) is 4.49. The van der Waals surface area contributed by atoms with Crippen LogP contribution in [0, 0.1) is 11.7 Å². The number of nitrogens with zero attached hydrogens (tertiary/aromatic N) is 1. The molecular weight excluding hydrogens is 405 g/mol. The fourth-order valence-corrected chi connectivity index (χ4v) is 3.66. The summed E-state index contributed by atoms with van der Waals surface area (Å²) in [6.45, 7) is 0. The van der Waals surface area contributed by atoms with Crippen molar-refractivity contribution in [1.29, 1.82) is 0 Å². The van der Waals surface area contributed by atoms with Gasteiger partial charge in [0.05, 0.1) is 11.9 Å². The third-order valence-corrected chi connectivity index (χ3v) is 5.47. The van der Waals surface area contributed by atoms with Crippen LogP contribution >= 0.6 is 11.6 Å². The lowest BCUT2D eigenvalue weighted by Crippen LogP contribution is -2.35. The van der Waals surface area contributed by atoms with Gasteiger partial charge in [0.25, 0.3) is 5.91 Å². The molecule has 0 saturated heterocycles. The molecule has 30 heavy (non-hydrogen) atoms. The van der Waals surface area contributed by atoms with Crippen LogP contribution in [0.3, 0.4) is 0 Å². The zero-order valence-electron chi connectivity index (χ0n) is 15.9. The first-order valence-electron chi connectivity index (χ1n) is 9.59. The Morgan fingerprint density at radius 3 is 2.37 bits per heavy atom. The van der Waals surface area contributed by atoms with Gasteiger partial charge in [-0.1, -0.05) is 17.7 Å². The van der Waals surface area contributed by atoms with Gasteiger partial charge in [-0.05, 0) is 67.4 Å². The highest BCUT2D eigenvalue weighted by Gasteiger charge is 2.38. The summed E-state index contributed by atoms with van der Waals surface area (Å²) in [4.78, 5) is 29.3. The predicted molar refractivity (Wildman–Crippen MR) is 114 cm³/mol. The average molecular weight is 424 g/mol. The molecule has 0 spiro atoms. The quantitative estimate of drug-likeness (QED) is 0.588. The molecule has 152 valence electrons. The number of carbonyl (C=O) groups is 2. The Labute approximate surface area is 178 Å². The van der Waals surface area contributed by atoms with E-state index in [1.807, 2.05) is 6.07 Å². The van der Waals surface area contributed by atoms with Crippen LogP contribution in [0.2, 0.25) is 5.02 Å². The van der Waals surface area contributed by atoms with Gasteiger partial charge in [-0.3, -0.25) is 14.6 Å². The second-order valence-corrected chi connectivity index (χ2v) is 7.66. The van der Waals surface area contributed by atoms with Crippen molar-refractivity contribution in [1.82, 2.24) is 4.98 Å². The number of carbonyl (C=O) groups excluding carboxylic acids is 2. The molecule has 1 heterocycles. The summed E-state index contributed by atoms with van der Waals surface area (Å²) in [5.74, 6) is -0.885. The van der Waals surface area contributed by atoms with E-state index < -0.39 is 0 Å². The van der Waals surface area contributed by atoms with E-state index in [1.54, 1.807) is 36.5 Å². The number of aromatic nitrogens is 1. The lowest BCUT2D eigenvalue weighted by atomic mass is 9.71. The third-order valence-electron chi connectivity index (χ3n) is 5.23. The summed E-state index contributed by atoms with van der Waals surface area (Å²) in [5.41, 5.74) is 2.40. The van der Waals surface area contributed by atoms with Crippen LogP contribution in [0.4, 0.5) is 15.8 Å². The zero-order valence-corrected chi connectivity index (χ0v) is 16.7. The van der Waals surface area contributed by atoms with Crippen molar-refractivity contribution in [3.8, 4) is 0 Å². The lowest BCUT2D eigenvalue weighted by molar-refractivity contribution is -0.123. The van der Waals surface area contributed by atoms with Crippen molar-refractivity contribution in [3.05, 3.63) is 89.0 Å². The van der Waals surface area contributed by atoms with Crippen LogP contribution in [0.25, 0.3) is 0 Å². The first-order valence-corrected chi connectivity index (χ1v) is 9.97. The highest BCUT2D eigenvalue weighted by atomic mass is 35.5. The number of hydrogen-bond acceptors (Lipinski definition) is 3. The smallest absolute Gasteiger partial charge is 0.255 e. The molecule has 2 aromatic carbocycles. The Balaban J connectivity index is 1.38. The standard InChI is InChI=1S/C23H19ClFN3O2/c24-15-3-1-2-14(12-15)22(29)28-18-8-11-21(26-13-18)19-9-10-20(19)23(30)27-17-6-4-16(25)5-7-17/h1-8,11-13,19-20H,9-10H2,(H,27,30)(H,28,29). The number of nitrogens with one attached hydrogen (secondary N) is 2. The van der Waals surface area contributed by atoms with E-state index in [9.17, 15) is 14.0 Å². The minimum Gasteiger partial charge on any atom is -0.326 e. The van der Waals surface area contributed by atoms with Gasteiger partial charge >= 0.3 is 0 Å². The summed E-state index contributed by atoms with van der Waals surface area (Å²) < 4.78 is 13.0. The molecule has 1 aliphatic carbocycles. The van der Waals surface area contributed by atoms with E-state index in [1.165, 1.54) is 24.3 Å². The normalized spacial score (nSPS) is 17.7. The first-order chi connectivity index (χ1) is 14.5. The second-order valence-electron chi connectivity index (χ2n) is 7.22. The molecule has 1 aliphatic rings. The SMILES string of the molecule is O=C(Nc1ccc(C2CCC2C(=O)Nc2ccc(F)cc2)nc1)c1cccc(Cl)c1. The molecule has 4 rings (SSSR count). The van der Waals surface area contributed by atoms with Crippen molar-refractivity contribution in [2.75, 3.05) is 10.6 Å². The molecule has 2 amide bonds. The number of anilines is 2. The van der Waals surface area contributed by atoms with Crippen LogP contribution in [-0.2, 0) is 4.79 Å². The van der Waals surface area contributed by atoms with Gasteiger partial charge in [0.1, 0.15) is 5.82 Å². The Kier molecular flexibility index (Phi) is 5.77. The molecule has 1 aromatic heterocycles. The Morgan fingerprint density at radius 2 is 1.73 bits per heavy atom. The van der Waals surface area contributed by atoms with Crippen molar-refractivity contribution < 1.29 is 14.0 Å². The van der Waals surface area contributed by atoms with E-state index >= 15 is 0 Å². The van der Waals surface area contributed by atoms with Crippen LogP contribution in [0.15, 0.2) is 66.9 Å². The van der Waals surface area contributed by atoms with E-state index in [4.69, 9.17) is 11.6 Å². The molecule has 7 heteroatoms. The van der Waals surface area contributed by atoms with Crippen molar-refractivity contribution in [2.24, 2.45) is 5.92 Å². The monoisotopic (exact) mass is 423 g/mol. The van der Waals surface area contributed by atoms with Gasteiger partial charge in [0.15, 0.2) is 0 Å². The predicted octanol–water partition coefficient (Wildman–Crippen LogP) is 5.26. The van der Waals surface area contributed by atoms with Crippen molar-refractivity contribution >= 4 is 34.8 Å². The fourth-order valence-electron chi connectivity index (χ4n) is 3.47. The molecule has 5 nitrogen and oxygen atoms in total. The van der Waals surface area contributed by atoms with Crippen LogP contribution in [0.5, 0.6) is 0 Å². The molecule has 2 N–H and O–H groups in total. The maximum absolute atomic E-state index is 13.0. The van der Waals surface area contributed by atoms with Gasteiger partial charge in [-0.15, -0.1) is 0 Å². The molecule has 0 bridgehead atoms. The lowest BCUT2D eigenvalue weighted by Gasteiger charge is -2.35. The average Bonchev–Trinajstić information content (AvgIpc) is 2.70. The number of rotatable bonds is 5. The highest BCUT2D eigenvalue weighted by molar-refractivity contribution is 6.31. The number of benzene rings is 2. The van der Waals surface area contributed by atoms with E-state index in [2.05, 4.69) is 15.6 Å². The van der Waals surface area contributed by atoms with E-state index in [0.717, 1.165) is 18.5 Å². The number of pyridine rings is 1. The highest BCUT2D eigenvalue weighted by Crippen LogP contribution is 2.42. The first kappa shape index (κ1) is 20.0. The summed E-state index contributed by atoms with van der Waals surface area (Å²) >= 11 is 5.93. The van der Waals surface area contributed by atoms with Gasteiger partial charge in [0.2, 0.25) is 5.91 Å². The minimum atomic E-state index is -0.346. The van der Waals surface area contributed by atoms with E-state index in [-0.39, 0.29) is 29.5 Å². The van der Waals surface area contributed by atoms with Crippen molar-refractivity contribution in [2.45, 2.75) is 18.8 Å². The van der Waals surface area contributed by atoms with Gasteiger partial charge < -0.3 is 10.6 Å². The Morgan fingerprint density at radius 1 is 0.967 bits per heavy atom. The molecule has 1 saturated carbocycles. The number of hydrogen-bond donors (Lipinski definition) is 2. The minimum absolute atomic E-state index is 0.0168. The molecule has 0 aliphatic heterocycles. The number of amides is 2. The maximum Gasteiger partial charge on any atom is 0.255 e. The largest absolute Gasteiger partial charge is 0.326 e. The van der Waals surface area contributed by atoms with Crippen molar-refractivity contribution in [3.63, 3.8) is 0 Å². The summed E-state index contributed by atoms with van der Waals surface area (Å²) in [5, 5.41) is 6.11. The van der Waals surface area contributed by atoms with Gasteiger partial charge in [-0.2, -0.15) is 0 Å². The summed E-state index contributed by atoms with van der Waals surface area (Å²) in [7, 11) is 0. The summed E-state index contributed by atoms with van der Waals surface area (Å²) in [6, 6.07) is 16.0. The maximum atomic E-state index is 13.0. The molecule has 2 unspecified atom stereocenters. The van der Waals surface area contributed by atoms with Gasteiger partial charge in [-0.25, -0.2) is 4.39 Å². The van der Waals surface area contributed by atoms with Crippen LogP contribution in [-0.4, -0.2) is 16.8 Å². The Bertz CT molecular complexity index is 1070. The topological polar surface area (TPSA) is 71.1 Å².